The number of hydrogen-bond donors (Lipinski definition) is 3. The van der Waals surface area contributed by atoms with Crippen molar-refractivity contribution in [2.45, 2.75) is 19.3 Å². The minimum atomic E-state index is -0.260. The molecule has 1 unspecified atom stereocenters. The lowest BCUT2D eigenvalue weighted by atomic mass is 9.84. The fraction of sp³-hybridized carbons (Fsp3) is 0.500. The predicted octanol–water partition coefficient (Wildman–Crippen LogP) is 2.13. The Labute approximate surface area is 187 Å². The Morgan fingerprint density at radius 2 is 2.10 bits per heavy atom. The molecule has 0 amide bonds. The lowest BCUT2D eigenvalue weighted by Crippen LogP contribution is -2.45. The molecule has 7 nitrogen and oxygen atoms in total. The van der Waals surface area contributed by atoms with Gasteiger partial charge in [-0.1, -0.05) is 0 Å². The third-order valence-electron chi connectivity index (χ3n) is 5.09. The summed E-state index contributed by atoms with van der Waals surface area (Å²) in [6.07, 6.45) is 4.27. The van der Waals surface area contributed by atoms with E-state index in [1.165, 1.54) is 12.1 Å². The van der Waals surface area contributed by atoms with Crippen LogP contribution in [0.2, 0.25) is 0 Å². The molecule has 1 fully saturated rings. The summed E-state index contributed by atoms with van der Waals surface area (Å²) in [6, 6.07) is 8.20. The van der Waals surface area contributed by atoms with Crippen molar-refractivity contribution in [3.8, 4) is 5.69 Å². The van der Waals surface area contributed by atoms with Crippen LogP contribution in [0.5, 0.6) is 0 Å². The summed E-state index contributed by atoms with van der Waals surface area (Å²) in [5, 5.41) is 20.5. The number of guanidine groups is 1. The van der Waals surface area contributed by atoms with Crippen LogP contribution in [0, 0.1) is 11.2 Å². The van der Waals surface area contributed by atoms with Crippen molar-refractivity contribution in [1.82, 2.24) is 20.4 Å². The van der Waals surface area contributed by atoms with E-state index in [1.54, 1.807) is 23.9 Å². The van der Waals surface area contributed by atoms with Crippen LogP contribution in [-0.2, 0) is 11.2 Å². The van der Waals surface area contributed by atoms with E-state index in [9.17, 15) is 9.50 Å². The first-order valence-electron chi connectivity index (χ1n) is 9.58. The number of nitrogens with one attached hydrogen (secondary N) is 2. The molecular weight excluding hydrogens is 488 g/mol. The summed E-state index contributed by atoms with van der Waals surface area (Å²) < 4.78 is 20.3. The SMILES string of the molecule is CN=C(NCCc1ccn(-c2ccc(F)cc2)n1)NCC1(CCO)CCOC1.I. The van der Waals surface area contributed by atoms with E-state index in [2.05, 4.69) is 20.7 Å². The Hall–Kier alpha value is -1.72. The van der Waals surface area contributed by atoms with E-state index in [0.717, 1.165) is 43.2 Å². The lowest BCUT2D eigenvalue weighted by Gasteiger charge is -2.27. The van der Waals surface area contributed by atoms with Crippen molar-refractivity contribution >= 4 is 29.9 Å². The molecule has 160 valence electrons. The molecule has 0 radical (unpaired) electrons. The van der Waals surface area contributed by atoms with Gasteiger partial charge in [0.1, 0.15) is 5.82 Å². The molecule has 0 bridgehead atoms. The highest BCUT2D eigenvalue weighted by atomic mass is 127. The molecule has 2 heterocycles. The van der Waals surface area contributed by atoms with Crippen LogP contribution >= 0.6 is 24.0 Å². The molecule has 0 saturated carbocycles. The number of hydrogen-bond acceptors (Lipinski definition) is 4. The Balaban J connectivity index is 0.00000300. The molecule has 0 aliphatic carbocycles. The number of aromatic nitrogens is 2. The van der Waals surface area contributed by atoms with Gasteiger partial charge in [0.25, 0.3) is 0 Å². The highest BCUT2D eigenvalue weighted by Crippen LogP contribution is 2.31. The largest absolute Gasteiger partial charge is 0.396 e. The second-order valence-electron chi connectivity index (χ2n) is 7.11. The fourth-order valence-corrected chi connectivity index (χ4v) is 3.35. The maximum atomic E-state index is 13.0. The van der Waals surface area contributed by atoms with Crippen molar-refractivity contribution in [2.24, 2.45) is 10.4 Å². The van der Waals surface area contributed by atoms with Gasteiger partial charge in [0.15, 0.2) is 5.96 Å². The summed E-state index contributed by atoms with van der Waals surface area (Å²) in [5.41, 5.74) is 1.74. The molecule has 2 aromatic rings. The van der Waals surface area contributed by atoms with E-state index in [1.807, 2.05) is 12.3 Å². The van der Waals surface area contributed by atoms with E-state index in [0.29, 0.717) is 19.7 Å². The zero-order valence-corrected chi connectivity index (χ0v) is 18.9. The monoisotopic (exact) mass is 517 g/mol. The van der Waals surface area contributed by atoms with E-state index >= 15 is 0 Å². The summed E-state index contributed by atoms with van der Waals surface area (Å²) in [4.78, 5) is 4.26. The minimum Gasteiger partial charge on any atom is -0.396 e. The molecule has 0 spiro atoms. The van der Waals surface area contributed by atoms with Crippen molar-refractivity contribution in [1.29, 1.82) is 0 Å². The molecule has 3 N–H and O–H groups in total. The molecule has 1 saturated heterocycles. The van der Waals surface area contributed by atoms with Crippen LogP contribution in [0.3, 0.4) is 0 Å². The number of nitrogens with zero attached hydrogens (tertiary/aromatic N) is 3. The van der Waals surface area contributed by atoms with Crippen molar-refractivity contribution in [3.05, 3.63) is 48.0 Å². The highest BCUT2D eigenvalue weighted by molar-refractivity contribution is 14.0. The topological polar surface area (TPSA) is 83.7 Å². The first kappa shape index (κ1) is 23.6. The molecule has 1 aromatic carbocycles. The first-order chi connectivity index (χ1) is 13.6. The van der Waals surface area contributed by atoms with Gasteiger partial charge in [-0.15, -0.1) is 24.0 Å². The van der Waals surface area contributed by atoms with Gasteiger partial charge in [0.2, 0.25) is 0 Å². The van der Waals surface area contributed by atoms with E-state index in [4.69, 9.17) is 4.74 Å². The minimum absolute atomic E-state index is 0. The number of ether oxygens (including phenoxy) is 1. The van der Waals surface area contributed by atoms with Crippen LogP contribution in [0.15, 0.2) is 41.5 Å². The molecular formula is C20H29FIN5O2. The molecule has 9 heteroatoms. The molecule has 1 atom stereocenters. The van der Waals surface area contributed by atoms with Gasteiger partial charge in [-0.2, -0.15) is 5.10 Å². The van der Waals surface area contributed by atoms with Crippen molar-refractivity contribution < 1.29 is 14.2 Å². The van der Waals surface area contributed by atoms with Crippen molar-refractivity contribution in [3.63, 3.8) is 0 Å². The number of benzene rings is 1. The van der Waals surface area contributed by atoms with Gasteiger partial charge < -0.3 is 20.5 Å². The summed E-state index contributed by atoms with van der Waals surface area (Å²) in [6.45, 7) is 2.96. The predicted molar refractivity (Wildman–Crippen MR) is 122 cm³/mol. The Kier molecular flexibility index (Phi) is 9.31. The van der Waals surface area contributed by atoms with Gasteiger partial charge in [-0.05, 0) is 43.2 Å². The van der Waals surface area contributed by atoms with E-state index < -0.39 is 0 Å². The smallest absolute Gasteiger partial charge is 0.191 e. The van der Waals surface area contributed by atoms with Crippen LogP contribution in [0.4, 0.5) is 4.39 Å². The number of rotatable bonds is 8. The maximum absolute atomic E-state index is 13.0. The molecule has 1 aliphatic heterocycles. The standard InChI is InChI=1S/C20H28FN5O2.HI/c1-22-19(24-14-20(8-12-27)9-13-28-15-20)23-10-6-17-7-11-26(25-17)18-4-2-16(21)3-5-18;/h2-5,7,11,27H,6,8-10,12-15H2,1H3,(H2,22,23,24);1H. The van der Waals surface area contributed by atoms with Gasteiger partial charge >= 0.3 is 0 Å². The Morgan fingerprint density at radius 1 is 1.31 bits per heavy atom. The fourth-order valence-electron chi connectivity index (χ4n) is 3.35. The number of aliphatic hydroxyl groups excluding tert-OH is 1. The summed E-state index contributed by atoms with van der Waals surface area (Å²) in [5.74, 6) is 0.464. The van der Waals surface area contributed by atoms with Crippen molar-refractivity contribution in [2.75, 3.05) is 40.0 Å². The van der Waals surface area contributed by atoms with Gasteiger partial charge in [0.05, 0.1) is 18.0 Å². The normalized spacial score (nSPS) is 19.1. The first-order valence-corrected chi connectivity index (χ1v) is 9.58. The second-order valence-corrected chi connectivity index (χ2v) is 7.11. The van der Waals surface area contributed by atoms with Crippen LogP contribution in [0.25, 0.3) is 5.69 Å². The highest BCUT2D eigenvalue weighted by Gasteiger charge is 2.34. The third-order valence-corrected chi connectivity index (χ3v) is 5.09. The molecule has 29 heavy (non-hydrogen) atoms. The van der Waals surface area contributed by atoms with Gasteiger partial charge in [-0.25, -0.2) is 9.07 Å². The zero-order chi connectivity index (χ0) is 19.8. The summed E-state index contributed by atoms with van der Waals surface area (Å²) in [7, 11) is 1.74. The van der Waals surface area contributed by atoms with E-state index in [-0.39, 0.29) is 41.8 Å². The number of halogens is 2. The zero-order valence-electron chi connectivity index (χ0n) is 16.6. The van der Waals surface area contributed by atoms with Crippen LogP contribution < -0.4 is 10.6 Å². The number of aliphatic hydroxyl groups is 1. The molecule has 1 aliphatic rings. The molecule has 1 aromatic heterocycles. The number of aliphatic imine (C=N–C) groups is 1. The maximum Gasteiger partial charge on any atom is 0.191 e. The van der Waals surface area contributed by atoms with Crippen LogP contribution in [-0.4, -0.2) is 60.8 Å². The Morgan fingerprint density at radius 3 is 2.76 bits per heavy atom. The quantitative estimate of drug-likeness (QED) is 0.284. The Bertz CT molecular complexity index is 775. The molecule has 3 rings (SSSR count). The summed E-state index contributed by atoms with van der Waals surface area (Å²) >= 11 is 0. The average Bonchev–Trinajstić information content (AvgIpc) is 3.36. The van der Waals surface area contributed by atoms with Gasteiger partial charge in [-0.3, -0.25) is 4.99 Å². The van der Waals surface area contributed by atoms with Crippen LogP contribution in [0.1, 0.15) is 18.5 Å². The lowest BCUT2D eigenvalue weighted by molar-refractivity contribution is 0.127. The third kappa shape index (κ3) is 6.65. The average molecular weight is 517 g/mol. The second kappa shape index (κ2) is 11.5. The van der Waals surface area contributed by atoms with Gasteiger partial charge in [0, 0.05) is 51.4 Å².